The van der Waals surface area contributed by atoms with Gasteiger partial charge in [0.1, 0.15) is 0 Å². The maximum absolute atomic E-state index is 12.3. The van der Waals surface area contributed by atoms with E-state index < -0.39 is 0 Å². The fraction of sp³-hybridized carbons (Fsp3) is 0.312. The van der Waals surface area contributed by atoms with Gasteiger partial charge in [-0.05, 0) is 43.4 Å². The summed E-state index contributed by atoms with van der Waals surface area (Å²) in [4.78, 5) is 18.8. The lowest BCUT2D eigenvalue weighted by molar-refractivity contribution is 0.0955. The van der Waals surface area contributed by atoms with E-state index in [2.05, 4.69) is 21.5 Å². The largest absolute Gasteiger partial charge is 0.347 e. The topological polar surface area (TPSA) is 59.3 Å². The van der Waals surface area contributed by atoms with Crippen molar-refractivity contribution in [3.63, 3.8) is 0 Å². The van der Waals surface area contributed by atoms with Crippen LogP contribution in [0.2, 0.25) is 0 Å². The Morgan fingerprint density at radius 2 is 2.27 bits per heavy atom. The summed E-state index contributed by atoms with van der Waals surface area (Å²) in [5.74, 6) is -0.00492. The van der Waals surface area contributed by atoms with Gasteiger partial charge in [0, 0.05) is 29.4 Å². The molecule has 22 heavy (non-hydrogen) atoms. The van der Waals surface area contributed by atoms with Crippen LogP contribution >= 0.6 is 11.3 Å². The van der Waals surface area contributed by atoms with E-state index in [1.54, 1.807) is 28.2 Å². The predicted octanol–water partition coefficient (Wildman–Crippen LogP) is 2.60. The number of carbonyl (C=O) groups is 1. The summed E-state index contributed by atoms with van der Waals surface area (Å²) in [7, 11) is 0. The van der Waals surface area contributed by atoms with E-state index in [1.807, 2.05) is 12.3 Å². The first kappa shape index (κ1) is 13.5. The normalized spacial score (nSPS) is 14.0. The predicted molar refractivity (Wildman–Crippen MR) is 85.1 cm³/mol. The number of aryl methyl sites for hydroxylation is 2. The zero-order valence-electron chi connectivity index (χ0n) is 12.1. The van der Waals surface area contributed by atoms with Crippen LogP contribution in [0.1, 0.15) is 38.5 Å². The Balaban J connectivity index is 1.49. The molecule has 3 aromatic heterocycles. The number of amides is 1. The number of hydrogen-bond acceptors (Lipinski definition) is 4. The van der Waals surface area contributed by atoms with Gasteiger partial charge in [0.25, 0.3) is 5.91 Å². The van der Waals surface area contributed by atoms with Gasteiger partial charge in [-0.2, -0.15) is 5.10 Å². The molecule has 0 fully saturated rings. The van der Waals surface area contributed by atoms with E-state index in [0.717, 1.165) is 28.9 Å². The lowest BCUT2D eigenvalue weighted by atomic mass is 9.99. The lowest BCUT2D eigenvalue weighted by Crippen LogP contribution is -2.21. The number of rotatable bonds is 3. The molecule has 3 aromatic rings. The third-order valence-electron chi connectivity index (χ3n) is 4.01. The van der Waals surface area contributed by atoms with E-state index in [0.29, 0.717) is 6.54 Å². The Labute approximate surface area is 132 Å². The van der Waals surface area contributed by atoms with E-state index >= 15 is 0 Å². The van der Waals surface area contributed by atoms with Gasteiger partial charge in [-0.15, -0.1) is 11.3 Å². The van der Waals surface area contributed by atoms with Crippen LogP contribution in [-0.4, -0.2) is 20.5 Å². The molecule has 5 nitrogen and oxygen atoms in total. The first-order chi connectivity index (χ1) is 10.8. The van der Waals surface area contributed by atoms with Crippen molar-refractivity contribution in [3.8, 4) is 0 Å². The number of fused-ring (bicyclic) bond motifs is 2. The van der Waals surface area contributed by atoms with Crippen molar-refractivity contribution in [2.75, 3.05) is 0 Å². The minimum Gasteiger partial charge on any atom is -0.347 e. The molecule has 112 valence electrons. The molecule has 0 unspecified atom stereocenters. The number of nitrogens with one attached hydrogen (secondary N) is 1. The van der Waals surface area contributed by atoms with Crippen molar-refractivity contribution >= 4 is 22.9 Å². The van der Waals surface area contributed by atoms with Crippen molar-refractivity contribution in [2.24, 2.45) is 0 Å². The average Bonchev–Trinajstić information content (AvgIpc) is 3.16. The van der Waals surface area contributed by atoms with Crippen LogP contribution in [0.3, 0.4) is 0 Å². The highest BCUT2D eigenvalue weighted by Crippen LogP contribution is 2.29. The molecule has 0 saturated carbocycles. The second-order valence-electron chi connectivity index (χ2n) is 5.51. The Kier molecular flexibility index (Phi) is 3.38. The van der Waals surface area contributed by atoms with Gasteiger partial charge in [0.15, 0.2) is 5.65 Å². The maximum Gasteiger partial charge on any atom is 0.261 e. The minimum absolute atomic E-state index is 0.00492. The highest BCUT2D eigenvalue weighted by molar-refractivity contribution is 7.14. The summed E-state index contributed by atoms with van der Waals surface area (Å²) in [5.41, 5.74) is 3.07. The van der Waals surface area contributed by atoms with Gasteiger partial charge in [-0.25, -0.2) is 9.50 Å². The van der Waals surface area contributed by atoms with Crippen LogP contribution in [0.5, 0.6) is 0 Å². The lowest BCUT2D eigenvalue weighted by Gasteiger charge is -2.08. The summed E-state index contributed by atoms with van der Waals surface area (Å²) in [6.07, 6.45) is 10.0. The van der Waals surface area contributed by atoms with Gasteiger partial charge in [-0.3, -0.25) is 4.79 Å². The zero-order chi connectivity index (χ0) is 14.9. The van der Waals surface area contributed by atoms with Gasteiger partial charge in [-0.1, -0.05) is 0 Å². The molecule has 0 spiro atoms. The number of carbonyl (C=O) groups excluding carboxylic acids is 1. The Morgan fingerprint density at radius 1 is 1.36 bits per heavy atom. The molecule has 0 radical (unpaired) electrons. The third-order valence-corrected chi connectivity index (χ3v) is 5.25. The monoisotopic (exact) mass is 312 g/mol. The Bertz CT molecular complexity index is 812. The first-order valence-electron chi connectivity index (χ1n) is 7.48. The van der Waals surface area contributed by atoms with E-state index in [4.69, 9.17) is 0 Å². The number of thiophene rings is 1. The number of nitrogens with zero attached hydrogens (tertiary/aromatic N) is 3. The van der Waals surface area contributed by atoms with Crippen molar-refractivity contribution in [2.45, 2.75) is 32.2 Å². The third kappa shape index (κ3) is 2.39. The Morgan fingerprint density at radius 3 is 3.18 bits per heavy atom. The highest BCUT2D eigenvalue weighted by atomic mass is 32.1. The summed E-state index contributed by atoms with van der Waals surface area (Å²) < 4.78 is 1.71. The number of hydrogen-bond donors (Lipinski definition) is 1. The maximum atomic E-state index is 12.3. The van der Waals surface area contributed by atoms with Gasteiger partial charge < -0.3 is 5.32 Å². The molecule has 0 saturated heterocycles. The van der Waals surface area contributed by atoms with Crippen LogP contribution in [0.4, 0.5) is 0 Å². The Hall–Kier alpha value is -2.21. The SMILES string of the molecule is O=C(NCc1cnn2cccnc12)c1cc2c(s1)CCCC2. The summed E-state index contributed by atoms with van der Waals surface area (Å²) >= 11 is 1.64. The average molecular weight is 312 g/mol. The smallest absolute Gasteiger partial charge is 0.261 e. The van der Waals surface area contributed by atoms with Crippen molar-refractivity contribution < 1.29 is 4.79 Å². The summed E-state index contributed by atoms with van der Waals surface area (Å²) in [6, 6.07) is 3.89. The fourth-order valence-corrected chi connectivity index (χ4v) is 4.04. The van der Waals surface area contributed by atoms with E-state index in [9.17, 15) is 4.79 Å². The quantitative estimate of drug-likeness (QED) is 0.808. The van der Waals surface area contributed by atoms with E-state index in [-0.39, 0.29) is 5.91 Å². The number of aromatic nitrogens is 3. The minimum atomic E-state index is -0.00492. The molecule has 6 heteroatoms. The molecular weight excluding hydrogens is 296 g/mol. The van der Waals surface area contributed by atoms with Crippen LogP contribution < -0.4 is 5.32 Å². The molecule has 0 aliphatic heterocycles. The molecule has 4 rings (SSSR count). The van der Waals surface area contributed by atoms with Gasteiger partial charge >= 0.3 is 0 Å². The highest BCUT2D eigenvalue weighted by Gasteiger charge is 2.17. The molecule has 1 N–H and O–H groups in total. The van der Waals surface area contributed by atoms with Crippen LogP contribution in [0.15, 0.2) is 30.7 Å². The molecule has 0 aromatic carbocycles. The molecule has 1 aliphatic carbocycles. The zero-order valence-corrected chi connectivity index (χ0v) is 12.9. The van der Waals surface area contributed by atoms with Crippen LogP contribution in [0, 0.1) is 0 Å². The van der Waals surface area contributed by atoms with Crippen molar-refractivity contribution in [3.05, 3.63) is 51.6 Å². The van der Waals surface area contributed by atoms with Crippen molar-refractivity contribution in [1.82, 2.24) is 19.9 Å². The molecule has 1 amide bonds. The van der Waals surface area contributed by atoms with Gasteiger partial charge in [0.2, 0.25) is 0 Å². The molecule has 0 atom stereocenters. The molecule has 3 heterocycles. The van der Waals surface area contributed by atoms with Crippen LogP contribution in [0.25, 0.3) is 5.65 Å². The molecule has 0 bridgehead atoms. The molecule has 1 aliphatic rings. The second-order valence-corrected chi connectivity index (χ2v) is 6.64. The second kappa shape index (κ2) is 5.53. The standard InChI is InChI=1S/C16H16N4OS/c21-16(14-8-11-4-1-2-5-13(11)22-14)18-9-12-10-19-20-7-3-6-17-15(12)20/h3,6-8,10H,1-2,4-5,9H2,(H,18,21). The molecular formula is C16H16N4OS. The van der Waals surface area contributed by atoms with E-state index in [1.165, 1.54) is 23.3 Å². The first-order valence-corrected chi connectivity index (χ1v) is 8.30. The van der Waals surface area contributed by atoms with Gasteiger partial charge in [0.05, 0.1) is 11.1 Å². The fourth-order valence-electron chi connectivity index (χ4n) is 2.87. The van der Waals surface area contributed by atoms with Crippen molar-refractivity contribution in [1.29, 1.82) is 0 Å². The summed E-state index contributed by atoms with van der Waals surface area (Å²) in [6.45, 7) is 0.446. The van der Waals surface area contributed by atoms with Crippen LogP contribution in [-0.2, 0) is 19.4 Å². The summed E-state index contributed by atoms with van der Waals surface area (Å²) in [5, 5.41) is 7.21.